The van der Waals surface area contributed by atoms with Crippen LogP contribution in [0.2, 0.25) is 0 Å². The summed E-state index contributed by atoms with van der Waals surface area (Å²) in [6.45, 7) is 1.21. The largest absolute Gasteiger partial charge is 0.497 e. The number of benzene rings is 2. The van der Waals surface area contributed by atoms with E-state index in [1.807, 2.05) is 6.07 Å². The number of rotatable bonds is 7. The lowest BCUT2D eigenvalue weighted by atomic mass is 10.1. The first-order chi connectivity index (χ1) is 12.7. The summed E-state index contributed by atoms with van der Waals surface area (Å²) in [5.74, 6) is 1.44. The normalized spacial score (nSPS) is 16.2. The van der Waals surface area contributed by atoms with E-state index in [2.05, 4.69) is 5.32 Å². The number of hydrogen-bond acceptors (Lipinski definition) is 5. The Balaban J connectivity index is 1.73. The average molecular weight is 357 g/mol. The van der Waals surface area contributed by atoms with Crippen molar-refractivity contribution in [3.63, 3.8) is 0 Å². The van der Waals surface area contributed by atoms with Gasteiger partial charge in [-0.2, -0.15) is 0 Å². The minimum Gasteiger partial charge on any atom is -0.497 e. The predicted molar refractivity (Wildman–Crippen MR) is 98.4 cm³/mol. The third-order valence-electron chi connectivity index (χ3n) is 4.24. The number of ether oxygens (including phenoxy) is 4. The smallest absolute Gasteiger partial charge is 0.259 e. The van der Waals surface area contributed by atoms with Gasteiger partial charge in [0.2, 0.25) is 0 Å². The Morgan fingerprint density at radius 2 is 2.00 bits per heavy atom. The van der Waals surface area contributed by atoms with E-state index in [0.717, 1.165) is 19.4 Å². The maximum Gasteiger partial charge on any atom is 0.259 e. The first-order valence-electron chi connectivity index (χ1n) is 8.58. The molecule has 2 aromatic rings. The van der Waals surface area contributed by atoms with Gasteiger partial charge in [-0.05, 0) is 37.1 Å². The zero-order chi connectivity index (χ0) is 18.4. The minimum atomic E-state index is -0.267. The predicted octanol–water partition coefficient (Wildman–Crippen LogP) is 3.51. The van der Waals surface area contributed by atoms with Crippen LogP contribution in [0.25, 0.3) is 0 Å². The van der Waals surface area contributed by atoms with Crippen molar-refractivity contribution in [1.82, 2.24) is 0 Å². The first kappa shape index (κ1) is 18.1. The fourth-order valence-electron chi connectivity index (χ4n) is 2.83. The van der Waals surface area contributed by atoms with Crippen molar-refractivity contribution < 1.29 is 23.7 Å². The second-order valence-corrected chi connectivity index (χ2v) is 5.96. The van der Waals surface area contributed by atoms with Gasteiger partial charge in [0.15, 0.2) is 0 Å². The van der Waals surface area contributed by atoms with Gasteiger partial charge in [-0.1, -0.05) is 12.1 Å². The average Bonchev–Trinajstić information content (AvgIpc) is 3.20. The molecule has 3 rings (SSSR count). The summed E-state index contributed by atoms with van der Waals surface area (Å²) in [6, 6.07) is 12.4. The molecule has 1 aliphatic heterocycles. The third kappa shape index (κ3) is 4.26. The highest BCUT2D eigenvalue weighted by molar-refractivity contribution is 6.06. The number of amides is 1. The van der Waals surface area contributed by atoms with E-state index in [4.69, 9.17) is 18.9 Å². The lowest BCUT2D eigenvalue weighted by molar-refractivity contribution is 0.0673. The van der Waals surface area contributed by atoms with Gasteiger partial charge in [0.05, 0.1) is 31.6 Å². The van der Waals surface area contributed by atoms with Crippen LogP contribution in [-0.2, 0) is 4.74 Å². The lowest BCUT2D eigenvalue weighted by Crippen LogP contribution is -2.19. The maximum absolute atomic E-state index is 12.7. The molecule has 1 unspecified atom stereocenters. The summed E-state index contributed by atoms with van der Waals surface area (Å²) in [4.78, 5) is 12.7. The zero-order valence-corrected chi connectivity index (χ0v) is 15.0. The Kier molecular flexibility index (Phi) is 5.96. The Hall–Kier alpha value is -2.73. The van der Waals surface area contributed by atoms with Gasteiger partial charge in [-0.3, -0.25) is 4.79 Å². The van der Waals surface area contributed by atoms with E-state index < -0.39 is 0 Å². The molecule has 0 radical (unpaired) electrons. The fraction of sp³-hybridized carbons (Fsp3) is 0.350. The van der Waals surface area contributed by atoms with Gasteiger partial charge in [0, 0.05) is 12.7 Å². The first-order valence-corrected chi connectivity index (χ1v) is 8.58. The summed E-state index contributed by atoms with van der Waals surface area (Å²) < 4.78 is 21.9. The Labute approximate surface area is 153 Å². The minimum absolute atomic E-state index is 0.0906. The third-order valence-corrected chi connectivity index (χ3v) is 4.24. The summed E-state index contributed by atoms with van der Waals surface area (Å²) in [5, 5.41) is 2.87. The second kappa shape index (κ2) is 8.58. The molecule has 1 heterocycles. The second-order valence-electron chi connectivity index (χ2n) is 5.96. The molecule has 1 amide bonds. The van der Waals surface area contributed by atoms with Crippen molar-refractivity contribution in [1.29, 1.82) is 0 Å². The van der Waals surface area contributed by atoms with Crippen LogP contribution in [0.15, 0.2) is 42.5 Å². The molecule has 6 nitrogen and oxygen atoms in total. The molecule has 2 aromatic carbocycles. The van der Waals surface area contributed by atoms with Crippen LogP contribution in [0.3, 0.4) is 0 Å². The summed E-state index contributed by atoms with van der Waals surface area (Å²) in [6.07, 6.45) is 2.12. The number of methoxy groups -OCH3 is 2. The highest BCUT2D eigenvalue weighted by atomic mass is 16.5. The summed E-state index contributed by atoms with van der Waals surface area (Å²) >= 11 is 0. The van der Waals surface area contributed by atoms with Gasteiger partial charge in [-0.25, -0.2) is 0 Å². The van der Waals surface area contributed by atoms with E-state index in [-0.39, 0.29) is 12.0 Å². The number of carbonyl (C=O) groups excluding carboxylic acids is 1. The maximum atomic E-state index is 12.7. The van der Waals surface area contributed by atoms with Crippen LogP contribution in [0.1, 0.15) is 23.2 Å². The molecule has 1 aliphatic rings. The van der Waals surface area contributed by atoms with Crippen LogP contribution >= 0.6 is 0 Å². The molecule has 1 fully saturated rings. The van der Waals surface area contributed by atoms with Gasteiger partial charge < -0.3 is 24.3 Å². The van der Waals surface area contributed by atoms with Gasteiger partial charge in [-0.15, -0.1) is 0 Å². The highest BCUT2D eigenvalue weighted by Crippen LogP contribution is 2.30. The summed E-state index contributed by atoms with van der Waals surface area (Å²) in [5.41, 5.74) is 1.02. The van der Waals surface area contributed by atoms with Crippen molar-refractivity contribution in [3.8, 4) is 17.2 Å². The van der Waals surface area contributed by atoms with Crippen molar-refractivity contribution >= 4 is 11.6 Å². The topological polar surface area (TPSA) is 66.0 Å². The highest BCUT2D eigenvalue weighted by Gasteiger charge is 2.19. The number of hydrogen-bond donors (Lipinski definition) is 1. The van der Waals surface area contributed by atoms with E-state index in [0.29, 0.717) is 35.1 Å². The van der Waals surface area contributed by atoms with Crippen LogP contribution in [0.4, 0.5) is 5.69 Å². The number of carbonyl (C=O) groups is 1. The number of anilines is 1. The van der Waals surface area contributed by atoms with Crippen LogP contribution in [0, 0.1) is 0 Å². The lowest BCUT2D eigenvalue weighted by Gasteiger charge is -2.15. The van der Waals surface area contributed by atoms with Crippen molar-refractivity contribution in [2.45, 2.75) is 18.9 Å². The Morgan fingerprint density at radius 1 is 1.15 bits per heavy atom. The van der Waals surface area contributed by atoms with Crippen LogP contribution in [-0.4, -0.2) is 39.4 Å². The van der Waals surface area contributed by atoms with Crippen LogP contribution < -0.4 is 19.5 Å². The number of nitrogens with one attached hydrogen (secondary N) is 1. The van der Waals surface area contributed by atoms with Crippen molar-refractivity contribution in [3.05, 3.63) is 48.0 Å². The molecule has 1 saturated heterocycles. The van der Waals surface area contributed by atoms with Gasteiger partial charge >= 0.3 is 0 Å². The number of para-hydroxylation sites is 1. The molecule has 1 atom stereocenters. The fourth-order valence-corrected chi connectivity index (χ4v) is 2.83. The van der Waals surface area contributed by atoms with Crippen molar-refractivity contribution in [2.75, 3.05) is 32.8 Å². The Morgan fingerprint density at radius 3 is 2.73 bits per heavy atom. The molecule has 138 valence electrons. The summed E-state index contributed by atoms with van der Waals surface area (Å²) in [7, 11) is 3.12. The Bertz CT molecular complexity index is 756. The molecular weight excluding hydrogens is 334 g/mol. The van der Waals surface area contributed by atoms with Crippen LogP contribution in [0.5, 0.6) is 17.2 Å². The molecule has 0 aromatic heterocycles. The zero-order valence-electron chi connectivity index (χ0n) is 15.0. The molecule has 26 heavy (non-hydrogen) atoms. The SMILES string of the molecule is COc1ccc(NC(=O)c2ccccc2OCC2CCCO2)c(OC)c1. The standard InChI is InChI=1S/C20H23NO5/c1-23-14-9-10-17(19(12-14)24-2)21-20(22)16-7-3-4-8-18(16)26-13-15-6-5-11-25-15/h3-4,7-10,12,15H,5-6,11,13H2,1-2H3,(H,21,22). The molecule has 6 heteroatoms. The van der Waals surface area contributed by atoms with Gasteiger partial charge in [0.25, 0.3) is 5.91 Å². The molecule has 0 spiro atoms. The van der Waals surface area contributed by atoms with E-state index in [9.17, 15) is 4.79 Å². The van der Waals surface area contributed by atoms with E-state index in [1.165, 1.54) is 0 Å². The van der Waals surface area contributed by atoms with Gasteiger partial charge in [0.1, 0.15) is 23.9 Å². The molecule has 0 bridgehead atoms. The molecular formula is C20H23NO5. The van der Waals surface area contributed by atoms with E-state index in [1.54, 1.807) is 50.6 Å². The monoisotopic (exact) mass is 357 g/mol. The molecule has 1 N–H and O–H groups in total. The van der Waals surface area contributed by atoms with E-state index >= 15 is 0 Å². The van der Waals surface area contributed by atoms with Crippen molar-refractivity contribution in [2.24, 2.45) is 0 Å². The quantitative estimate of drug-likeness (QED) is 0.821. The molecule has 0 aliphatic carbocycles. The molecule has 0 saturated carbocycles.